The van der Waals surface area contributed by atoms with Gasteiger partial charge in [-0.1, -0.05) is 17.2 Å². The fraction of sp³-hybridized carbons (Fsp3) is 0.500. The van der Waals surface area contributed by atoms with Crippen molar-refractivity contribution in [1.82, 2.24) is 4.90 Å². The van der Waals surface area contributed by atoms with Crippen molar-refractivity contribution in [3.63, 3.8) is 0 Å². The lowest BCUT2D eigenvalue weighted by molar-refractivity contribution is -0.137. The average molecular weight is 472 g/mol. The minimum atomic E-state index is -1.03. The lowest BCUT2D eigenvalue weighted by atomic mass is 9.68. The van der Waals surface area contributed by atoms with Gasteiger partial charge in [0.25, 0.3) is 0 Å². The van der Waals surface area contributed by atoms with E-state index in [1.165, 1.54) is 0 Å². The van der Waals surface area contributed by atoms with Crippen LogP contribution in [0.4, 0.5) is 4.79 Å². The molecule has 1 fully saturated rings. The van der Waals surface area contributed by atoms with Gasteiger partial charge in [-0.2, -0.15) is 4.90 Å². The van der Waals surface area contributed by atoms with E-state index in [0.717, 1.165) is 34.9 Å². The lowest BCUT2D eigenvalue weighted by Gasteiger charge is -2.35. The number of aliphatic hydroxyl groups is 2. The van der Waals surface area contributed by atoms with Crippen LogP contribution in [0.3, 0.4) is 0 Å². The molecule has 0 aromatic heterocycles. The number of phenolic OH excluding ortho intramolecular Hbond substituents is 1. The summed E-state index contributed by atoms with van der Waals surface area (Å²) < 4.78 is 4.59. The second-order valence-corrected chi connectivity index (χ2v) is 9.39. The van der Waals surface area contributed by atoms with Crippen LogP contribution < -0.4 is 0 Å². The van der Waals surface area contributed by atoms with Crippen molar-refractivity contribution in [1.29, 1.82) is 0 Å². The maximum Gasteiger partial charge on any atom is 0.423 e. The Balaban J connectivity index is 1.78. The van der Waals surface area contributed by atoms with E-state index in [4.69, 9.17) is 0 Å². The summed E-state index contributed by atoms with van der Waals surface area (Å²) in [5, 5.41) is 31.1. The highest BCUT2D eigenvalue weighted by Gasteiger charge is 2.56. The first-order valence-electron chi connectivity index (χ1n) is 11.4. The Kier molecular flexibility index (Phi) is 7.63. The van der Waals surface area contributed by atoms with E-state index in [-0.39, 0.29) is 12.2 Å². The fourth-order valence-electron chi connectivity index (χ4n) is 5.34. The summed E-state index contributed by atoms with van der Waals surface area (Å²) in [5.41, 5.74) is 4.90. The van der Waals surface area contributed by atoms with Crippen molar-refractivity contribution in [3.05, 3.63) is 45.5 Å². The van der Waals surface area contributed by atoms with Crippen LogP contribution in [0, 0.1) is 31.6 Å². The highest BCUT2D eigenvalue weighted by molar-refractivity contribution is 6.15. The third kappa shape index (κ3) is 4.65. The molecule has 184 valence electrons. The number of aryl methyl sites for hydroxylation is 2. The van der Waals surface area contributed by atoms with Gasteiger partial charge in [-0.05, 0) is 81.4 Å². The summed E-state index contributed by atoms with van der Waals surface area (Å²) >= 11 is 0. The molecule has 1 aliphatic carbocycles. The number of hydrogen-bond acceptors (Lipinski definition) is 7. The molecular weight excluding hydrogens is 438 g/mol. The smallest absolute Gasteiger partial charge is 0.423 e. The van der Waals surface area contributed by atoms with Crippen molar-refractivity contribution < 1.29 is 34.4 Å². The molecule has 1 aliphatic heterocycles. The number of imide groups is 3. The summed E-state index contributed by atoms with van der Waals surface area (Å²) in [4.78, 5) is 38.1. The Labute approximate surface area is 199 Å². The number of rotatable bonds is 6. The van der Waals surface area contributed by atoms with E-state index in [1.807, 2.05) is 39.0 Å². The Morgan fingerprint density at radius 1 is 1.21 bits per heavy atom. The molecule has 2 aliphatic rings. The van der Waals surface area contributed by atoms with Crippen LogP contribution in [0.1, 0.15) is 49.8 Å². The van der Waals surface area contributed by atoms with Gasteiger partial charge in [-0.15, -0.1) is 0 Å². The number of nitrogens with zero attached hydrogens (tertiary/aromatic N) is 1. The van der Waals surface area contributed by atoms with Gasteiger partial charge in [0.2, 0.25) is 11.8 Å². The molecule has 0 unspecified atom stereocenters. The van der Waals surface area contributed by atoms with Crippen molar-refractivity contribution in [2.24, 2.45) is 17.8 Å². The standard InChI is InChI=1S/C26H33NO7/c1-13(8-17-9-15(3)23(30)16(4)10-17)6-7-20(29)21-14(2)11-18-22(19(21)12-28)25(32)27(24(18)31)26(33)34-5/h8-10,18-20,22,28-30H,6-7,11-12H2,1-5H3/b13-8+/t18-,19+,20-,22-/m1/s1. The first-order chi connectivity index (χ1) is 16.0. The minimum absolute atomic E-state index is 0.243. The third-order valence-corrected chi connectivity index (χ3v) is 6.98. The number of allylic oxidation sites excluding steroid dienone is 2. The number of aromatic hydroxyl groups is 1. The molecule has 1 aromatic rings. The monoisotopic (exact) mass is 471 g/mol. The summed E-state index contributed by atoms with van der Waals surface area (Å²) in [5.74, 6) is -3.42. The van der Waals surface area contributed by atoms with Crippen LogP contribution in [0.2, 0.25) is 0 Å². The molecule has 4 atom stereocenters. The SMILES string of the molecule is COC(=O)N1C(=O)[C@@H]2[C@@H](CC(C)=C([C@H](O)CC/C(C)=C/c3cc(C)c(O)c(C)c3)[C@@H]2CO)C1=O. The van der Waals surface area contributed by atoms with E-state index in [2.05, 4.69) is 4.74 Å². The number of likely N-dealkylation sites (tertiary alicyclic amines) is 1. The number of carbonyl (C=O) groups excluding carboxylic acids is 3. The Morgan fingerprint density at radius 2 is 1.82 bits per heavy atom. The Bertz CT molecular complexity index is 1050. The number of methoxy groups -OCH3 is 1. The average Bonchev–Trinajstić information content (AvgIpc) is 3.03. The second-order valence-electron chi connectivity index (χ2n) is 9.39. The number of fused-ring (bicyclic) bond motifs is 1. The minimum Gasteiger partial charge on any atom is -0.507 e. The summed E-state index contributed by atoms with van der Waals surface area (Å²) in [6.45, 7) is 7.02. The molecule has 3 rings (SSSR count). The molecule has 0 bridgehead atoms. The zero-order valence-corrected chi connectivity index (χ0v) is 20.3. The molecule has 0 spiro atoms. The van der Waals surface area contributed by atoms with E-state index >= 15 is 0 Å². The highest BCUT2D eigenvalue weighted by atomic mass is 16.5. The largest absolute Gasteiger partial charge is 0.507 e. The first kappa shape index (κ1) is 25.6. The predicted molar refractivity (Wildman–Crippen MR) is 126 cm³/mol. The van der Waals surface area contributed by atoms with Crippen molar-refractivity contribution in [3.8, 4) is 5.75 Å². The summed E-state index contributed by atoms with van der Waals surface area (Å²) in [6.07, 6.45) is 1.26. The molecule has 1 aromatic carbocycles. The number of carbonyl (C=O) groups is 3. The van der Waals surface area contributed by atoms with Gasteiger partial charge in [0.05, 0.1) is 31.7 Å². The quantitative estimate of drug-likeness (QED) is 0.430. The number of hydrogen-bond donors (Lipinski definition) is 3. The van der Waals surface area contributed by atoms with Gasteiger partial charge in [-0.3, -0.25) is 9.59 Å². The van der Waals surface area contributed by atoms with Crippen LogP contribution in [-0.4, -0.2) is 57.9 Å². The van der Waals surface area contributed by atoms with E-state index in [9.17, 15) is 29.7 Å². The maximum absolute atomic E-state index is 12.9. The van der Waals surface area contributed by atoms with Gasteiger partial charge in [0.15, 0.2) is 0 Å². The van der Waals surface area contributed by atoms with Gasteiger partial charge in [-0.25, -0.2) is 4.79 Å². The molecule has 1 saturated heterocycles. The molecule has 8 heteroatoms. The van der Waals surface area contributed by atoms with Gasteiger partial charge < -0.3 is 20.1 Å². The van der Waals surface area contributed by atoms with Crippen LogP contribution in [-0.2, 0) is 14.3 Å². The van der Waals surface area contributed by atoms with Crippen molar-refractivity contribution in [2.45, 2.75) is 53.1 Å². The van der Waals surface area contributed by atoms with Crippen LogP contribution in [0.5, 0.6) is 5.75 Å². The van der Waals surface area contributed by atoms with Gasteiger partial charge in [0.1, 0.15) is 5.75 Å². The van der Waals surface area contributed by atoms with Crippen molar-refractivity contribution >= 4 is 24.0 Å². The number of ether oxygens (including phenoxy) is 1. The summed E-state index contributed by atoms with van der Waals surface area (Å²) in [7, 11) is 1.10. The molecule has 0 radical (unpaired) electrons. The molecule has 34 heavy (non-hydrogen) atoms. The Morgan fingerprint density at radius 3 is 2.38 bits per heavy atom. The first-order valence-corrected chi connectivity index (χ1v) is 11.4. The lowest BCUT2D eigenvalue weighted by Crippen LogP contribution is -2.39. The molecule has 3 N–H and O–H groups in total. The number of benzene rings is 1. The number of aliphatic hydroxyl groups excluding tert-OH is 2. The molecule has 0 saturated carbocycles. The topological polar surface area (TPSA) is 124 Å². The third-order valence-electron chi connectivity index (χ3n) is 6.98. The number of amides is 3. The zero-order valence-electron chi connectivity index (χ0n) is 20.3. The van der Waals surface area contributed by atoms with Crippen LogP contribution in [0.15, 0.2) is 28.9 Å². The summed E-state index contributed by atoms with van der Waals surface area (Å²) in [6, 6.07) is 3.79. The van der Waals surface area contributed by atoms with E-state index in [0.29, 0.717) is 23.3 Å². The fourth-order valence-corrected chi connectivity index (χ4v) is 5.34. The molecular formula is C26H33NO7. The molecule has 8 nitrogen and oxygen atoms in total. The second kappa shape index (κ2) is 10.1. The maximum atomic E-state index is 12.9. The van der Waals surface area contributed by atoms with E-state index < -0.39 is 48.4 Å². The van der Waals surface area contributed by atoms with Crippen LogP contribution >= 0.6 is 0 Å². The molecule has 1 heterocycles. The van der Waals surface area contributed by atoms with Gasteiger partial charge >= 0.3 is 6.09 Å². The Hall–Kier alpha value is -2.97. The number of phenols is 1. The van der Waals surface area contributed by atoms with Gasteiger partial charge in [0, 0.05) is 5.92 Å². The normalized spacial score (nSPS) is 23.9. The van der Waals surface area contributed by atoms with E-state index in [1.54, 1.807) is 6.92 Å². The predicted octanol–water partition coefficient (Wildman–Crippen LogP) is 3.25. The van der Waals surface area contributed by atoms with Crippen LogP contribution in [0.25, 0.3) is 6.08 Å². The highest BCUT2D eigenvalue weighted by Crippen LogP contribution is 2.46. The zero-order chi connectivity index (χ0) is 25.3. The van der Waals surface area contributed by atoms with Crippen molar-refractivity contribution in [2.75, 3.05) is 13.7 Å². The molecule has 3 amide bonds.